The molecule has 6 nitrogen and oxygen atoms in total. The Labute approximate surface area is 190 Å². The van der Waals surface area contributed by atoms with Crippen LogP contribution >= 0.6 is 0 Å². The van der Waals surface area contributed by atoms with Gasteiger partial charge in [0.15, 0.2) is 0 Å². The Kier molecular flexibility index (Phi) is 4.94. The number of hydrogen-bond acceptors (Lipinski definition) is 3. The fraction of sp³-hybridized carbons (Fsp3) is 0.385. The second-order valence-corrected chi connectivity index (χ2v) is 9.53. The molecule has 2 aromatic carbocycles. The van der Waals surface area contributed by atoms with Crippen LogP contribution in [-0.2, 0) is 16.0 Å². The Balaban J connectivity index is 1.56. The summed E-state index contributed by atoms with van der Waals surface area (Å²) in [6, 6.07) is 11.1. The number of aromatic nitrogens is 3. The van der Waals surface area contributed by atoms with Crippen molar-refractivity contribution in [2.24, 2.45) is 17.6 Å². The summed E-state index contributed by atoms with van der Waals surface area (Å²) in [5.41, 5.74) is 11.2. The van der Waals surface area contributed by atoms with Gasteiger partial charge in [-0.25, -0.2) is 4.39 Å². The summed E-state index contributed by atoms with van der Waals surface area (Å²) >= 11 is 0. The SMILES string of the molecule is NC(=O)[C@H]1C[C@@H](Cc2c(C3CCOCC3)n(-c3ccc(F)cc3)c3cc4cn[nH]c4cc23)C1. The molecule has 7 heteroatoms. The van der Waals surface area contributed by atoms with Crippen molar-refractivity contribution >= 4 is 27.7 Å². The lowest BCUT2D eigenvalue weighted by Gasteiger charge is -2.34. The second-order valence-electron chi connectivity index (χ2n) is 9.53. The number of rotatable bonds is 5. The highest BCUT2D eigenvalue weighted by atomic mass is 19.1. The van der Waals surface area contributed by atoms with Gasteiger partial charge in [-0.05, 0) is 80.0 Å². The minimum absolute atomic E-state index is 0.00806. The molecular formula is C26H27FN4O2. The zero-order valence-corrected chi connectivity index (χ0v) is 18.4. The number of carbonyl (C=O) groups excluding carboxylic acids is 1. The number of halogens is 1. The Morgan fingerprint density at radius 3 is 2.67 bits per heavy atom. The summed E-state index contributed by atoms with van der Waals surface area (Å²) in [5.74, 6) is 0.350. The van der Waals surface area contributed by atoms with Gasteiger partial charge in [0, 0.05) is 47.2 Å². The van der Waals surface area contributed by atoms with Crippen molar-refractivity contribution in [3.05, 3.63) is 59.7 Å². The van der Waals surface area contributed by atoms with Crippen LogP contribution in [0.15, 0.2) is 42.6 Å². The topological polar surface area (TPSA) is 85.9 Å². The molecule has 2 fully saturated rings. The van der Waals surface area contributed by atoms with Gasteiger partial charge in [0.05, 0.1) is 17.2 Å². The van der Waals surface area contributed by atoms with Crippen molar-refractivity contribution < 1.29 is 13.9 Å². The molecule has 1 amide bonds. The van der Waals surface area contributed by atoms with Crippen LogP contribution in [0, 0.1) is 17.7 Å². The first-order valence-corrected chi connectivity index (χ1v) is 11.7. The van der Waals surface area contributed by atoms with Crippen molar-refractivity contribution in [1.82, 2.24) is 14.8 Å². The molecule has 0 bridgehead atoms. The summed E-state index contributed by atoms with van der Waals surface area (Å²) in [5, 5.41) is 9.58. The number of fused-ring (bicyclic) bond motifs is 2. The molecule has 2 aliphatic rings. The van der Waals surface area contributed by atoms with Crippen molar-refractivity contribution in [3.63, 3.8) is 0 Å². The zero-order chi connectivity index (χ0) is 22.5. The molecule has 3 heterocycles. The summed E-state index contributed by atoms with van der Waals surface area (Å²) < 4.78 is 21.8. The summed E-state index contributed by atoms with van der Waals surface area (Å²) in [7, 11) is 0. The lowest BCUT2D eigenvalue weighted by Crippen LogP contribution is -2.36. The van der Waals surface area contributed by atoms with E-state index in [2.05, 4.69) is 26.9 Å². The summed E-state index contributed by atoms with van der Waals surface area (Å²) in [6.45, 7) is 1.49. The highest BCUT2D eigenvalue weighted by Gasteiger charge is 2.36. The van der Waals surface area contributed by atoms with Crippen molar-refractivity contribution in [3.8, 4) is 5.69 Å². The number of nitrogens with two attached hydrogens (primary N) is 1. The first kappa shape index (κ1) is 20.4. The number of nitrogens with zero attached hydrogens (tertiary/aromatic N) is 2. The third-order valence-corrected chi connectivity index (χ3v) is 7.50. The van der Waals surface area contributed by atoms with E-state index < -0.39 is 0 Å². The monoisotopic (exact) mass is 446 g/mol. The van der Waals surface area contributed by atoms with Gasteiger partial charge in [0.2, 0.25) is 5.91 Å². The highest BCUT2D eigenvalue weighted by molar-refractivity contribution is 5.98. The molecule has 2 aromatic heterocycles. The van der Waals surface area contributed by atoms with Gasteiger partial charge in [-0.15, -0.1) is 0 Å². The van der Waals surface area contributed by atoms with Gasteiger partial charge < -0.3 is 15.0 Å². The van der Waals surface area contributed by atoms with Crippen LogP contribution in [0.3, 0.4) is 0 Å². The second kappa shape index (κ2) is 7.99. The molecule has 4 aromatic rings. The molecule has 1 aliphatic heterocycles. The van der Waals surface area contributed by atoms with Crippen LogP contribution in [0.5, 0.6) is 0 Å². The van der Waals surface area contributed by atoms with E-state index in [0.29, 0.717) is 11.8 Å². The van der Waals surface area contributed by atoms with E-state index in [0.717, 1.165) is 67.4 Å². The fourth-order valence-corrected chi connectivity index (χ4v) is 5.72. The average molecular weight is 447 g/mol. The van der Waals surface area contributed by atoms with E-state index >= 15 is 0 Å². The van der Waals surface area contributed by atoms with E-state index in [4.69, 9.17) is 10.5 Å². The van der Waals surface area contributed by atoms with Crippen molar-refractivity contribution in [2.75, 3.05) is 13.2 Å². The molecular weight excluding hydrogens is 419 g/mol. The largest absolute Gasteiger partial charge is 0.381 e. The molecule has 0 radical (unpaired) electrons. The third-order valence-electron chi connectivity index (χ3n) is 7.50. The predicted molar refractivity (Wildman–Crippen MR) is 125 cm³/mol. The molecule has 1 aliphatic carbocycles. The van der Waals surface area contributed by atoms with E-state index in [-0.39, 0.29) is 17.6 Å². The number of nitrogens with one attached hydrogen (secondary N) is 1. The van der Waals surface area contributed by atoms with Crippen molar-refractivity contribution in [2.45, 2.75) is 38.0 Å². The minimum atomic E-state index is -0.243. The summed E-state index contributed by atoms with van der Waals surface area (Å²) in [4.78, 5) is 11.6. The van der Waals surface area contributed by atoms with Gasteiger partial charge in [-0.2, -0.15) is 5.10 Å². The number of H-pyrrole nitrogens is 1. The quantitative estimate of drug-likeness (QED) is 0.470. The lowest BCUT2D eigenvalue weighted by molar-refractivity contribution is -0.125. The first-order chi connectivity index (χ1) is 16.1. The standard InChI is InChI=1S/C26H27FN4O2/c27-19-1-3-20(4-2-19)31-24-12-18-14-29-30-23(18)13-21(24)22(11-15-9-17(10-15)26(28)32)25(31)16-5-7-33-8-6-16/h1-4,12-17H,5-11H2,(H2,28,32)(H,29,30)/t15-,17+. The molecule has 33 heavy (non-hydrogen) atoms. The number of hydrogen-bond donors (Lipinski definition) is 2. The molecule has 3 N–H and O–H groups in total. The van der Waals surface area contributed by atoms with Crippen LogP contribution in [0.2, 0.25) is 0 Å². The number of benzene rings is 2. The first-order valence-electron chi connectivity index (χ1n) is 11.7. The maximum Gasteiger partial charge on any atom is 0.220 e. The van der Waals surface area contributed by atoms with E-state index in [1.54, 1.807) is 0 Å². The van der Waals surface area contributed by atoms with Crippen LogP contribution in [-0.4, -0.2) is 33.9 Å². The van der Waals surface area contributed by atoms with Crippen LogP contribution in [0.1, 0.15) is 42.9 Å². The number of amides is 1. The number of ether oxygens (including phenoxy) is 1. The van der Waals surface area contributed by atoms with Gasteiger partial charge in [-0.1, -0.05) is 0 Å². The molecule has 0 spiro atoms. The highest BCUT2D eigenvalue weighted by Crippen LogP contribution is 2.44. The molecule has 0 atom stereocenters. The van der Waals surface area contributed by atoms with Gasteiger partial charge in [0.1, 0.15) is 5.82 Å². The molecule has 0 unspecified atom stereocenters. The normalized spacial score (nSPS) is 21.5. The minimum Gasteiger partial charge on any atom is -0.381 e. The Hall–Kier alpha value is -3.19. The van der Waals surface area contributed by atoms with Crippen LogP contribution < -0.4 is 5.73 Å². The number of aromatic amines is 1. The van der Waals surface area contributed by atoms with Crippen LogP contribution in [0.25, 0.3) is 27.5 Å². The molecule has 6 rings (SSSR count). The van der Waals surface area contributed by atoms with E-state index in [9.17, 15) is 9.18 Å². The molecule has 170 valence electrons. The molecule has 1 saturated carbocycles. The maximum atomic E-state index is 13.8. The molecule has 1 saturated heterocycles. The average Bonchev–Trinajstić information content (AvgIpc) is 3.37. The Bertz CT molecular complexity index is 1330. The number of carbonyl (C=O) groups is 1. The smallest absolute Gasteiger partial charge is 0.220 e. The predicted octanol–water partition coefficient (Wildman–Crippen LogP) is 4.59. The van der Waals surface area contributed by atoms with Gasteiger partial charge in [0.25, 0.3) is 0 Å². The summed E-state index contributed by atoms with van der Waals surface area (Å²) in [6.07, 6.45) is 6.35. The van der Waals surface area contributed by atoms with Crippen LogP contribution in [0.4, 0.5) is 4.39 Å². The fourth-order valence-electron chi connectivity index (χ4n) is 5.72. The maximum absolute atomic E-state index is 13.8. The van der Waals surface area contributed by atoms with E-state index in [1.165, 1.54) is 28.8 Å². The number of primary amides is 1. The Morgan fingerprint density at radius 1 is 1.18 bits per heavy atom. The van der Waals surface area contributed by atoms with Gasteiger partial charge >= 0.3 is 0 Å². The Morgan fingerprint density at radius 2 is 1.94 bits per heavy atom. The zero-order valence-electron chi connectivity index (χ0n) is 18.4. The van der Waals surface area contributed by atoms with Crippen molar-refractivity contribution in [1.29, 1.82) is 0 Å². The lowest BCUT2D eigenvalue weighted by atomic mass is 9.71. The van der Waals surface area contributed by atoms with Gasteiger partial charge in [-0.3, -0.25) is 9.89 Å². The van der Waals surface area contributed by atoms with E-state index in [1.807, 2.05) is 18.3 Å². The third kappa shape index (κ3) is 3.51.